The lowest BCUT2D eigenvalue weighted by atomic mass is 9.87. The molecule has 1 rings (SSSR count). The van der Waals surface area contributed by atoms with E-state index in [-0.39, 0.29) is 17.2 Å². The molecule has 0 N–H and O–H groups in total. The zero-order valence-electron chi connectivity index (χ0n) is 13.2. The van der Waals surface area contributed by atoms with Crippen LogP contribution in [0.15, 0.2) is 24.3 Å². The van der Waals surface area contributed by atoms with Crippen LogP contribution in [0.4, 0.5) is 0 Å². The highest BCUT2D eigenvalue weighted by molar-refractivity contribution is 5.85. The van der Waals surface area contributed by atoms with Gasteiger partial charge in [-0.2, -0.15) is 0 Å². The van der Waals surface area contributed by atoms with Crippen LogP contribution in [0.2, 0.25) is 0 Å². The second kappa shape index (κ2) is 5.78. The number of ether oxygens (including phenoxy) is 1. The van der Waals surface area contributed by atoms with Crippen molar-refractivity contribution in [2.24, 2.45) is 10.8 Å². The number of esters is 1. The molecule has 110 valence electrons. The average Bonchev–Trinajstić information content (AvgIpc) is 2.29. The normalized spacial score (nSPS) is 12.1. The maximum Gasteiger partial charge on any atom is 0.316 e. The molecule has 0 aliphatic carbocycles. The Kier molecular flexibility index (Phi) is 4.74. The first-order valence-corrected chi connectivity index (χ1v) is 6.84. The second-order valence-electron chi connectivity index (χ2n) is 7.13. The van der Waals surface area contributed by atoms with E-state index < -0.39 is 5.41 Å². The molecule has 0 aliphatic rings. The van der Waals surface area contributed by atoms with Gasteiger partial charge in [0.25, 0.3) is 0 Å². The van der Waals surface area contributed by atoms with Crippen LogP contribution in [0.5, 0.6) is 5.75 Å². The summed E-state index contributed by atoms with van der Waals surface area (Å²) in [5.41, 5.74) is 0.0681. The van der Waals surface area contributed by atoms with E-state index in [0.717, 1.165) is 5.56 Å². The maximum atomic E-state index is 11.9. The lowest BCUT2D eigenvalue weighted by Crippen LogP contribution is -2.25. The number of Topliss-reactive ketones (excluding diaryl/α,β-unsaturated/α-hetero) is 1. The third kappa shape index (κ3) is 4.80. The van der Waals surface area contributed by atoms with Crippen molar-refractivity contribution < 1.29 is 14.3 Å². The summed E-state index contributed by atoms with van der Waals surface area (Å²) < 4.78 is 5.28. The van der Waals surface area contributed by atoms with Crippen molar-refractivity contribution in [1.29, 1.82) is 0 Å². The molecule has 0 unspecified atom stereocenters. The van der Waals surface area contributed by atoms with Crippen molar-refractivity contribution in [3.05, 3.63) is 29.8 Å². The lowest BCUT2D eigenvalue weighted by molar-refractivity contribution is -0.143. The van der Waals surface area contributed by atoms with Gasteiger partial charge in [-0.15, -0.1) is 0 Å². The van der Waals surface area contributed by atoms with E-state index in [1.807, 2.05) is 53.7 Å². The number of carbonyl (C=O) groups is 2. The van der Waals surface area contributed by atoms with Gasteiger partial charge < -0.3 is 4.74 Å². The third-order valence-electron chi connectivity index (χ3n) is 2.95. The number of benzene rings is 1. The highest BCUT2D eigenvalue weighted by Crippen LogP contribution is 2.21. The molecular weight excluding hydrogens is 252 g/mol. The van der Waals surface area contributed by atoms with Gasteiger partial charge in [-0.05, 0) is 38.5 Å². The average molecular weight is 276 g/mol. The summed E-state index contributed by atoms with van der Waals surface area (Å²) in [7, 11) is 0. The maximum absolute atomic E-state index is 11.9. The molecule has 1 aromatic rings. The first kappa shape index (κ1) is 16.4. The van der Waals surface area contributed by atoms with Crippen LogP contribution >= 0.6 is 0 Å². The quantitative estimate of drug-likeness (QED) is 0.623. The summed E-state index contributed by atoms with van der Waals surface area (Å²) in [4.78, 5) is 23.7. The van der Waals surface area contributed by atoms with E-state index in [1.54, 1.807) is 12.1 Å². The first-order chi connectivity index (χ1) is 9.00. The predicted molar refractivity (Wildman–Crippen MR) is 79.7 cm³/mol. The zero-order chi connectivity index (χ0) is 15.6. The fourth-order valence-electron chi connectivity index (χ4n) is 1.39. The van der Waals surface area contributed by atoms with E-state index >= 15 is 0 Å². The zero-order valence-corrected chi connectivity index (χ0v) is 13.2. The molecule has 0 saturated carbocycles. The summed E-state index contributed by atoms with van der Waals surface area (Å²) in [6, 6.07) is 7.12. The predicted octanol–water partition coefficient (Wildman–Crippen LogP) is 3.80. The molecule has 0 amide bonds. The highest BCUT2D eigenvalue weighted by Gasteiger charge is 2.24. The Balaban J connectivity index is 2.71. The van der Waals surface area contributed by atoms with Gasteiger partial charge in [0.1, 0.15) is 11.5 Å². The number of ketones is 1. The Labute approximate surface area is 121 Å². The molecule has 0 bridgehead atoms. The van der Waals surface area contributed by atoms with Crippen LogP contribution in [-0.2, 0) is 16.0 Å². The molecule has 0 fully saturated rings. The molecule has 20 heavy (non-hydrogen) atoms. The second-order valence-corrected chi connectivity index (χ2v) is 7.13. The molecule has 3 heteroatoms. The van der Waals surface area contributed by atoms with Gasteiger partial charge in [-0.25, -0.2) is 0 Å². The Morgan fingerprint density at radius 2 is 1.40 bits per heavy atom. The van der Waals surface area contributed by atoms with Crippen LogP contribution in [-0.4, -0.2) is 11.8 Å². The summed E-state index contributed by atoms with van der Waals surface area (Å²) in [6.07, 6.45) is 0.400. The Morgan fingerprint density at radius 3 is 1.80 bits per heavy atom. The molecule has 0 spiro atoms. The molecular formula is C17H24O3. The molecule has 0 aromatic heterocycles. The molecule has 1 aromatic carbocycles. The van der Waals surface area contributed by atoms with Crippen molar-refractivity contribution in [2.45, 2.75) is 48.0 Å². The van der Waals surface area contributed by atoms with Crippen LogP contribution < -0.4 is 4.74 Å². The van der Waals surface area contributed by atoms with Gasteiger partial charge in [0.15, 0.2) is 0 Å². The number of carbonyl (C=O) groups excluding carboxylic acids is 2. The number of hydrogen-bond donors (Lipinski definition) is 0. The van der Waals surface area contributed by atoms with E-state index in [4.69, 9.17) is 4.74 Å². The summed E-state index contributed by atoms with van der Waals surface area (Å²) in [5.74, 6) is 0.435. The molecule has 0 heterocycles. The summed E-state index contributed by atoms with van der Waals surface area (Å²) in [6.45, 7) is 11.2. The summed E-state index contributed by atoms with van der Waals surface area (Å²) in [5, 5.41) is 0. The first-order valence-electron chi connectivity index (χ1n) is 6.84. The van der Waals surface area contributed by atoms with Crippen molar-refractivity contribution in [2.75, 3.05) is 0 Å². The van der Waals surface area contributed by atoms with Crippen molar-refractivity contribution in [3.8, 4) is 5.75 Å². The van der Waals surface area contributed by atoms with Crippen molar-refractivity contribution in [1.82, 2.24) is 0 Å². The van der Waals surface area contributed by atoms with E-state index in [0.29, 0.717) is 12.2 Å². The van der Waals surface area contributed by atoms with Gasteiger partial charge in [0.2, 0.25) is 0 Å². The molecule has 0 radical (unpaired) electrons. The molecule has 3 nitrogen and oxygen atoms in total. The SMILES string of the molecule is CC(C)(C)C(=O)Cc1ccc(OC(=O)C(C)(C)C)cc1. The number of hydrogen-bond acceptors (Lipinski definition) is 3. The van der Waals surface area contributed by atoms with Crippen LogP contribution in [0.1, 0.15) is 47.1 Å². The Morgan fingerprint density at radius 1 is 0.900 bits per heavy atom. The highest BCUT2D eigenvalue weighted by atomic mass is 16.5. The minimum absolute atomic E-state index is 0.192. The van der Waals surface area contributed by atoms with Crippen molar-refractivity contribution >= 4 is 11.8 Å². The minimum atomic E-state index is -0.527. The van der Waals surface area contributed by atoms with Crippen LogP contribution in [0.25, 0.3) is 0 Å². The van der Waals surface area contributed by atoms with Gasteiger partial charge in [-0.1, -0.05) is 32.9 Å². The third-order valence-corrected chi connectivity index (χ3v) is 2.95. The van der Waals surface area contributed by atoms with Crippen LogP contribution in [0, 0.1) is 10.8 Å². The Hall–Kier alpha value is -1.64. The molecule has 0 atom stereocenters. The fraction of sp³-hybridized carbons (Fsp3) is 0.529. The topological polar surface area (TPSA) is 43.4 Å². The van der Waals surface area contributed by atoms with E-state index in [9.17, 15) is 9.59 Å². The summed E-state index contributed by atoms with van der Waals surface area (Å²) >= 11 is 0. The van der Waals surface area contributed by atoms with Crippen molar-refractivity contribution in [3.63, 3.8) is 0 Å². The fourth-order valence-corrected chi connectivity index (χ4v) is 1.39. The minimum Gasteiger partial charge on any atom is -0.426 e. The molecule has 0 saturated heterocycles. The van der Waals surface area contributed by atoms with Gasteiger partial charge in [0.05, 0.1) is 5.41 Å². The number of rotatable bonds is 3. The standard InChI is InChI=1S/C17H24O3/c1-16(2,3)14(18)11-12-7-9-13(10-8-12)20-15(19)17(4,5)6/h7-10H,11H2,1-6H3. The lowest BCUT2D eigenvalue weighted by Gasteiger charge is -2.17. The smallest absolute Gasteiger partial charge is 0.316 e. The van der Waals surface area contributed by atoms with Crippen LogP contribution in [0.3, 0.4) is 0 Å². The monoisotopic (exact) mass is 276 g/mol. The van der Waals surface area contributed by atoms with Gasteiger partial charge >= 0.3 is 5.97 Å². The largest absolute Gasteiger partial charge is 0.426 e. The van der Waals surface area contributed by atoms with E-state index in [1.165, 1.54) is 0 Å². The Bertz CT molecular complexity index is 437. The molecule has 0 aliphatic heterocycles. The van der Waals surface area contributed by atoms with E-state index in [2.05, 4.69) is 0 Å². The van der Waals surface area contributed by atoms with Gasteiger partial charge in [-0.3, -0.25) is 9.59 Å². The van der Waals surface area contributed by atoms with Gasteiger partial charge in [0, 0.05) is 11.8 Å².